The van der Waals surface area contributed by atoms with E-state index in [-0.39, 0.29) is 10.2 Å². The van der Waals surface area contributed by atoms with Crippen LogP contribution in [0.5, 0.6) is 0 Å². The van der Waals surface area contributed by atoms with Crippen LogP contribution in [0.3, 0.4) is 0 Å². The van der Waals surface area contributed by atoms with Crippen LogP contribution < -0.4 is 0 Å². The number of rotatable bonds is 4. The van der Waals surface area contributed by atoms with Crippen molar-refractivity contribution < 1.29 is 9.59 Å². The molecule has 0 radical (unpaired) electrons. The molecule has 5 heteroatoms. The Balaban J connectivity index is 2.85. The largest absolute Gasteiger partial charge is 0.281 e. The fraction of sp³-hybridized carbons (Fsp3) is 0.385. The summed E-state index contributed by atoms with van der Waals surface area (Å²) >= 11 is 0. The molecular formula is C13H18O2S3. The van der Waals surface area contributed by atoms with Gasteiger partial charge in [-0.15, -0.1) is 8.09 Å². The summed E-state index contributed by atoms with van der Waals surface area (Å²) in [7, 11) is 1.27. The smallest absolute Gasteiger partial charge is 0.224 e. The van der Waals surface area contributed by atoms with Crippen LogP contribution in [0.1, 0.15) is 20.3 Å². The molecule has 0 aromatic heterocycles. The fourth-order valence-electron chi connectivity index (χ4n) is 1.25. The zero-order valence-electron chi connectivity index (χ0n) is 10.7. The van der Waals surface area contributed by atoms with Crippen LogP contribution in [-0.4, -0.2) is 21.7 Å². The van der Waals surface area contributed by atoms with Gasteiger partial charge in [-0.05, 0) is 58.8 Å². The van der Waals surface area contributed by atoms with E-state index >= 15 is 0 Å². The van der Waals surface area contributed by atoms with Crippen molar-refractivity contribution in [1.29, 1.82) is 0 Å². The average molecular weight is 302 g/mol. The molecule has 0 unspecified atom stereocenters. The first kappa shape index (κ1) is 15.7. The molecule has 0 saturated carbocycles. The van der Waals surface area contributed by atoms with Crippen LogP contribution >= 0.6 is 29.7 Å². The molecule has 18 heavy (non-hydrogen) atoms. The molecule has 1 rings (SSSR count). The predicted molar refractivity (Wildman–Crippen MR) is 85.9 cm³/mol. The van der Waals surface area contributed by atoms with Gasteiger partial charge in [-0.2, -0.15) is 0 Å². The Morgan fingerprint density at radius 1 is 1.06 bits per heavy atom. The first-order chi connectivity index (χ1) is 8.36. The van der Waals surface area contributed by atoms with Crippen molar-refractivity contribution in [2.24, 2.45) is 0 Å². The molecule has 0 saturated heterocycles. The van der Waals surface area contributed by atoms with Crippen molar-refractivity contribution in [1.82, 2.24) is 0 Å². The highest BCUT2D eigenvalue weighted by Crippen LogP contribution is 2.71. The number of allylic oxidation sites excluding steroid dienone is 1. The van der Waals surface area contributed by atoms with Gasteiger partial charge in [0.25, 0.3) is 0 Å². The van der Waals surface area contributed by atoms with E-state index in [0.717, 1.165) is 17.9 Å². The van der Waals surface area contributed by atoms with Crippen molar-refractivity contribution in [3.05, 3.63) is 36.5 Å². The van der Waals surface area contributed by atoms with E-state index < -0.39 is 8.09 Å². The van der Waals surface area contributed by atoms with Crippen LogP contribution in [-0.2, 0) is 9.59 Å². The minimum atomic E-state index is -1.36. The number of carbonyl (C=O) groups excluding carboxylic acids is 2. The van der Waals surface area contributed by atoms with E-state index in [2.05, 4.69) is 25.3 Å². The molecule has 0 aliphatic carbocycles. The zero-order valence-corrected chi connectivity index (χ0v) is 13.2. The highest BCUT2D eigenvalue weighted by Gasteiger charge is 2.32. The minimum absolute atomic E-state index is 0.00214. The lowest BCUT2D eigenvalue weighted by Crippen LogP contribution is -2.10. The summed E-state index contributed by atoms with van der Waals surface area (Å²) in [5.41, 5.74) is 1.09. The Morgan fingerprint density at radius 3 is 1.89 bits per heavy atom. The highest BCUT2D eigenvalue weighted by atomic mass is 33.6. The lowest BCUT2D eigenvalue weighted by molar-refractivity contribution is -0.108. The normalized spacial score (nSPS) is 19.0. The van der Waals surface area contributed by atoms with Crippen LogP contribution in [0.25, 0.3) is 0 Å². The van der Waals surface area contributed by atoms with Gasteiger partial charge in [0.2, 0.25) is 10.2 Å². The molecule has 0 aromatic carbocycles. The van der Waals surface area contributed by atoms with Crippen LogP contribution in [0, 0.1) is 0 Å². The lowest BCUT2D eigenvalue weighted by atomic mass is 10.4. The second kappa shape index (κ2) is 6.68. The number of carbonyl (C=O) groups is 2. The van der Waals surface area contributed by atoms with Crippen LogP contribution in [0.15, 0.2) is 36.5 Å². The molecule has 0 amide bonds. The Morgan fingerprint density at radius 2 is 1.56 bits per heavy atom. The summed E-state index contributed by atoms with van der Waals surface area (Å²) in [5.74, 6) is 1.71. The van der Waals surface area contributed by atoms with Crippen molar-refractivity contribution in [3.8, 4) is 0 Å². The summed E-state index contributed by atoms with van der Waals surface area (Å²) in [6.45, 7) is 10.8. The summed E-state index contributed by atoms with van der Waals surface area (Å²) in [4.78, 5) is 23.8. The second-order valence-electron chi connectivity index (χ2n) is 4.18. The summed E-state index contributed by atoms with van der Waals surface area (Å²) < 4.78 is 0. The molecule has 0 aromatic rings. The quantitative estimate of drug-likeness (QED) is 0.441. The van der Waals surface area contributed by atoms with E-state index in [1.807, 2.05) is 0 Å². The molecular weight excluding hydrogens is 284 g/mol. The van der Waals surface area contributed by atoms with E-state index in [4.69, 9.17) is 0 Å². The average Bonchev–Trinajstić information content (AvgIpc) is 2.29. The molecule has 0 atom stereocenters. The van der Waals surface area contributed by atoms with Gasteiger partial charge >= 0.3 is 0 Å². The Bertz CT molecular complexity index is 396. The fourth-order valence-corrected chi connectivity index (χ4v) is 9.50. The maximum atomic E-state index is 11.9. The predicted octanol–water partition coefficient (Wildman–Crippen LogP) is 4.25. The molecule has 0 spiro atoms. The molecule has 1 aliphatic heterocycles. The maximum Gasteiger partial charge on any atom is 0.224 e. The summed E-state index contributed by atoms with van der Waals surface area (Å²) in [6.07, 6.45) is 5.13. The van der Waals surface area contributed by atoms with Gasteiger partial charge in [0.1, 0.15) is 0 Å². The van der Waals surface area contributed by atoms with Crippen molar-refractivity contribution in [2.45, 2.75) is 20.3 Å². The number of hydrogen-bond acceptors (Lipinski definition) is 4. The van der Waals surface area contributed by atoms with E-state index in [0.29, 0.717) is 11.1 Å². The van der Waals surface area contributed by atoms with Crippen LogP contribution in [0.4, 0.5) is 0 Å². The van der Waals surface area contributed by atoms with Crippen molar-refractivity contribution in [3.63, 3.8) is 0 Å². The Labute approximate surface area is 117 Å². The highest BCUT2D eigenvalue weighted by molar-refractivity contribution is 9.29. The minimum Gasteiger partial charge on any atom is -0.281 e. The first-order valence-electron chi connectivity index (χ1n) is 5.58. The molecule has 2 nitrogen and oxygen atoms in total. The lowest BCUT2D eigenvalue weighted by Gasteiger charge is -2.37. The second-order valence-corrected chi connectivity index (χ2v) is 12.9. The topological polar surface area (TPSA) is 34.1 Å². The molecule has 100 valence electrons. The summed E-state index contributed by atoms with van der Waals surface area (Å²) in [5, 5.41) is 0.00429. The van der Waals surface area contributed by atoms with Gasteiger partial charge in [-0.3, -0.25) is 9.59 Å². The number of hydrogen-bond donors (Lipinski definition) is 0. The SMILES string of the molecule is C=C(C)C(=O)SS1(SC(=O)C(=C)C)CC=CCC1. The van der Waals surface area contributed by atoms with E-state index in [1.165, 1.54) is 21.6 Å². The monoisotopic (exact) mass is 302 g/mol. The van der Waals surface area contributed by atoms with Crippen LogP contribution in [0.2, 0.25) is 0 Å². The van der Waals surface area contributed by atoms with Crippen molar-refractivity contribution in [2.75, 3.05) is 11.5 Å². The van der Waals surface area contributed by atoms with Gasteiger partial charge in [0.15, 0.2) is 0 Å². The zero-order chi connectivity index (χ0) is 13.8. The van der Waals surface area contributed by atoms with Gasteiger partial charge in [0.05, 0.1) is 0 Å². The third-order valence-electron chi connectivity index (χ3n) is 2.26. The molecule has 0 N–H and O–H groups in total. The van der Waals surface area contributed by atoms with Gasteiger partial charge in [0, 0.05) is 5.75 Å². The Hall–Kier alpha value is -0.390. The molecule has 0 fully saturated rings. The Kier molecular flexibility index (Phi) is 5.82. The van der Waals surface area contributed by atoms with E-state index in [1.54, 1.807) is 13.8 Å². The van der Waals surface area contributed by atoms with E-state index in [9.17, 15) is 9.59 Å². The standard InChI is InChI=1S/C13H18O2S3/c1-10(2)12(14)16-18(8-6-5-7-9-18)17-13(15)11(3)4/h5-6H,1,3,7-9H2,2,4H3. The third-order valence-corrected chi connectivity index (χ3v) is 11.2. The maximum absolute atomic E-state index is 11.9. The third kappa shape index (κ3) is 4.37. The molecule has 1 aliphatic rings. The molecule has 0 bridgehead atoms. The summed E-state index contributed by atoms with van der Waals surface area (Å²) in [6, 6.07) is 0. The van der Waals surface area contributed by atoms with Gasteiger partial charge < -0.3 is 0 Å². The van der Waals surface area contributed by atoms with Gasteiger partial charge in [-0.1, -0.05) is 25.3 Å². The molecule has 1 heterocycles. The first-order valence-corrected chi connectivity index (χ1v) is 10.2. The van der Waals surface area contributed by atoms with Gasteiger partial charge in [-0.25, -0.2) is 0 Å². The van der Waals surface area contributed by atoms with Crippen molar-refractivity contribution >= 4 is 39.9 Å².